The Balaban J connectivity index is 3.92. The average molecular weight is 264 g/mol. The van der Waals surface area contributed by atoms with Gasteiger partial charge in [-0.2, -0.15) is 0 Å². The van der Waals surface area contributed by atoms with Gasteiger partial charge in [-0.3, -0.25) is 4.79 Å². The number of halogens is 1. The molecule has 0 aromatic carbocycles. The monoisotopic (exact) mass is 263 g/mol. The van der Waals surface area contributed by atoms with E-state index in [2.05, 4.69) is 48.9 Å². The largest absolute Gasteiger partial charge is 0.351 e. The fraction of sp³-hybridized carbons (Fsp3) is 0.909. The van der Waals surface area contributed by atoms with Crippen LogP contribution in [0.25, 0.3) is 0 Å². The van der Waals surface area contributed by atoms with Crippen molar-refractivity contribution in [2.45, 2.75) is 52.5 Å². The molecule has 0 heterocycles. The molecule has 0 spiro atoms. The molecule has 0 aliphatic rings. The Morgan fingerprint density at radius 2 is 2.07 bits per heavy atom. The topological polar surface area (TPSA) is 29.1 Å². The third-order valence-corrected chi connectivity index (χ3v) is 2.82. The number of alkyl halides is 1. The minimum atomic E-state index is -0.0892. The van der Waals surface area contributed by atoms with Crippen LogP contribution >= 0.6 is 15.9 Å². The Labute approximate surface area is 96.0 Å². The van der Waals surface area contributed by atoms with Crippen LogP contribution in [0.2, 0.25) is 0 Å². The lowest BCUT2D eigenvalue weighted by atomic mass is 9.99. The molecule has 0 radical (unpaired) electrons. The van der Waals surface area contributed by atoms with Crippen LogP contribution < -0.4 is 5.32 Å². The van der Waals surface area contributed by atoms with E-state index < -0.39 is 0 Å². The van der Waals surface area contributed by atoms with Gasteiger partial charge >= 0.3 is 0 Å². The smallest absolute Gasteiger partial charge is 0.220 e. The summed E-state index contributed by atoms with van der Waals surface area (Å²) in [6.45, 7) is 8.34. The van der Waals surface area contributed by atoms with Crippen LogP contribution in [-0.4, -0.2) is 16.8 Å². The fourth-order valence-electron chi connectivity index (χ4n) is 1.19. The number of rotatable bonds is 6. The predicted octanol–water partition coefficient (Wildman–Crippen LogP) is 3.10. The van der Waals surface area contributed by atoms with Gasteiger partial charge in [0.15, 0.2) is 0 Å². The van der Waals surface area contributed by atoms with E-state index in [1.54, 1.807) is 0 Å². The molecule has 14 heavy (non-hydrogen) atoms. The summed E-state index contributed by atoms with van der Waals surface area (Å²) in [7, 11) is 0. The lowest BCUT2D eigenvalue weighted by molar-refractivity contribution is -0.123. The number of amides is 1. The van der Waals surface area contributed by atoms with Gasteiger partial charge in [0.1, 0.15) is 0 Å². The Kier molecular flexibility index (Phi) is 6.41. The van der Waals surface area contributed by atoms with E-state index in [4.69, 9.17) is 0 Å². The molecule has 0 bridgehead atoms. The second-order valence-corrected chi connectivity index (χ2v) is 5.38. The maximum Gasteiger partial charge on any atom is 0.220 e. The predicted molar refractivity (Wildman–Crippen MR) is 64.7 cm³/mol. The zero-order valence-electron chi connectivity index (χ0n) is 9.69. The SMILES string of the molecule is CCC(C)CC(=O)NC(C)(C)CCBr. The van der Waals surface area contributed by atoms with Crippen LogP contribution in [0.5, 0.6) is 0 Å². The van der Waals surface area contributed by atoms with Crippen LogP contribution in [0, 0.1) is 5.92 Å². The van der Waals surface area contributed by atoms with E-state index in [1.807, 2.05) is 0 Å². The maximum absolute atomic E-state index is 11.6. The number of carbonyl (C=O) groups excluding carboxylic acids is 1. The summed E-state index contributed by atoms with van der Waals surface area (Å²) in [5, 5.41) is 3.97. The standard InChI is InChI=1S/C11H22BrNO/c1-5-9(2)8-10(14)13-11(3,4)6-7-12/h9H,5-8H2,1-4H3,(H,13,14). The molecular formula is C11H22BrNO. The minimum absolute atomic E-state index is 0.0892. The molecule has 1 amide bonds. The van der Waals surface area contributed by atoms with Crippen LogP contribution in [0.4, 0.5) is 0 Å². The lowest BCUT2D eigenvalue weighted by Crippen LogP contribution is -2.44. The van der Waals surface area contributed by atoms with E-state index in [0.717, 1.165) is 18.2 Å². The van der Waals surface area contributed by atoms with Gasteiger partial charge in [-0.25, -0.2) is 0 Å². The molecule has 0 aromatic rings. The molecule has 84 valence electrons. The van der Waals surface area contributed by atoms with Crippen molar-refractivity contribution in [1.82, 2.24) is 5.32 Å². The summed E-state index contributed by atoms with van der Waals surface area (Å²) >= 11 is 3.39. The molecular weight excluding hydrogens is 242 g/mol. The summed E-state index contributed by atoms with van der Waals surface area (Å²) in [5.74, 6) is 0.653. The Morgan fingerprint density at radius 1 is 1.50 bits per heavy atom. The molecule has 0 aliphatic carbocycles. The highest BCUT2D eigenvalue weighted by Gasteiger charge is 2.19. The Bertz CT molecular complexity index is 180. The summed E-state index contributed by atoms with van der Waals surface area (Å²) in [4.78, 5) is 11.6. The summed E-state index contributed by atoms with van der Waals surface area (Å²) in [6, 6.07) is 0. The van der Waals surface area contributed by atoms with Gasteiger partial charge in [-0.15, -0.1) is 0 Å². The van der Waals surface area contributed by atoms with Crippen molar-refractivity contribution in [1.29, 1.82) is 0 Å². The molecule has 0 aromatic heterocycles. The molecule has 0 rings (SSSR count). The van der Waals surface area contributed by atoms with Gasteiger partial charge in [0.2, 0.25) is 5.91 Å². The number of carbonyl (C=O) groups is 1. The van der Waals surface area contributed by atoms with Crippen LogP contribution in [-0.2, 0) is 4.79 Å². The highest BCUT2D eigenvalue weighted by atomic mass is 79.9. The summed E-state index contributed by atoms with van der Waals surface area (Å²) in [6.07, 6.45) is 2.66. The van der Waals surface area contributed by atoms with Crippen LogP contribution in [0.15, 0.2) is 0 Å². The third kappa shape index (κ3) is 6.41. The van der Waals surface area contributed by atoms with Crippen molar-refractivity contribution in [3.8, 4) is 0 Å². The molecule has 0 fully saturated rings. The first kappa shape index (κ1) is 13.9. The normalized spacial score (nSPS) is 13.8. The van der Waals surface area contributed by atoms with E-state index in [-0.39, 0.29) is 11.4 Å². The maximum atomic E-state index is 11.6. The summed E-state index contributed by atoms with van der Waals surface area (Å²) < 4.78 is 0. The van der Waals surface area contributed by atoms with E-state index in [9.17, 15) is 4.79 Å². The molecule has 1 N–H and O–H groups in total. The zero-order valence-corrected chi connectivity index (χ0v) is 11.3. The molecule has 0 aliphatic heterocycles. The summed E-state index contributed by atoms with van der Waals surface area (Å²) in [5.41, 5.74) is -0.0892. The van der Waals surface area contributed by atoms with E-state index >= 15 is 0 Å². The minimum Gasteiger partial charge on any atom is -0.351 e. The van der Waals surface area contributed by atoms with Gasteiger partial charge in [-0.05, 0) is 26.2 Å². The van der Waals surface area contributed by atoms with Gasteiger partial charge in [0.25, 0.3) is 0 Å². The van der Waals surface area contributed by atoms with Gasteiger partial charge in [-0.1, -0.05) is 36.2 Å². The van der Waals surface area contributed by atoms with Gasteiger partial charge in [0.05, 0.1) is 0 Å². The molecule has 1 unspecified atom stereocenters. The molecule has 0 saturated carbocycles. The lowest BCUT2D eigenvalue weighted by Gasteiger charge is -2.26. The van der Waals surface area contributed by atoms with Crippen LogP contribution in [0.3, 0.4) is 0 Å². The molecule has 1 atom stereocenters. The Hall–Kier alpha value is -0.0500. The molecule has 2 nitrogen and oxygen atoms in total. The van der Waals surface area contributed by atoms with Crippen molar-refractivity contribution < 1.29 is 4.79 Å². The second-order valence-electron chi connectivity index (χ2n) is 4.59. The van der Waals surface area contributed by atoms with E-state index in [1.165, 1.54) is 0 Å². The van der Waals surface area contributed by atoms with Gasteiger partial charge in [0, 0.05) is 17.3 Å². The second kappa shape index (κ2) is 6.44. The van der Waals surface area contributed by atoms with Crippen molar-refractivity contribution >= 4 is 21.8 Å². The highest BCUT2D eigenvalue weighted by molar-refractivity contribution is 9.09. The average Bonchev–Trinajstić information content (AvgIpc) is 2.02. The first-order valence-electron chi connectivity index (χ1n) is 5.28. The fourth-order valence-corrected chi connectivity index (χ4v) is 2.18. The first-order chi connectivity index (χ1) is 6.41. The van der Waals surface area contributed by atoms with Crippen molar-refractivity contribution in [3.05, 3.63) is 0 Å². The quantitative estimate of drug-likeness (QED) is 0.734. The molecule has 3 heteroatoms. The van der Waals surface area contributed by atoms with Crippen molar-refractivity contribution in [2.24, 2.45) is 5.92 Å². The highest BCUT2D eigenvalue weighted by Crippen LogP contribution is 2.12. The van der Waals surface area contributed by atoms with Crippen molar-refractivity contribution in [3.63, 3.8) is 0 Å². The van der Waals surface area contributed by atoms with Gasteiger partial charge < -0.3 is 5.32 Å². The zero-order chi connectivity index (χ0) is 11.2. The number of hydrogen-bond donors (Lipinski definition) is 1. The van der Waals surface area contributed by atoms with E-state index in [0.29, 0.717) is 12.3 Å². The Morgan fingerprint density at radius 3 is 2.50 bits per heavy atom. The number of hydrogen-bond acceptors (Lipinski definition) is 1. The first-order valence-corrected chi connectivity index (χ1v) is 6.40. The van der Waals surface area contributed by atoms with Crippen LogP contribution in [0.1, 0.15) is 47.0 Å². The third-order valence-electron chi connectivity index (χ3n) is 2.43. The molecule has 0 saturated heterocycles. The number of nitrogens with one attached hydrogen (secondary N) is 1. The van der Waals surface area contributed by atoms with Crippen molar-refractivity contribution in [2.75, 3.05) is 5.33 Å².